The second-order valence-electron chi connectivity index (χ2n) is 4.23. The lowest BCUT2D eigenvalue weighted by molar-refractivity contribution is -0.132. The molecule has 0 aromatic carbocycles. The van der Waals surface area contributed by atoms with Gasteiger partial charge in [-0.05, 0) is 12.8 Å². The summed E-state index contributed by atoms with van der Waals surface area (Å²) in [5, 5.41) is 26.5. The van der Waals surface area contributed by atoms with Crippen molar-refractivity contribution < 1.29 is 15.0 Å². The van der Waals surface area contributed by atoms with Gasteiger partial charge in [0, 0.05) is 12.3 Å². The van der Waals surface area contributed by atoms with Crippen LogP contribution in [-0.2, 0) is 4.79 Å². The Labute approximate surface area is 95.5 Å². The van der Waals surface area contributed by atoms with Gasteiger partial charge in [0.15, 0.2) is 0 Å². The molecule has 1 rings (SSSR count). The Morgan fingerprint density at radius 2 is 1.81 bits per heavy atom. The van der Waals surface area contributed by atoms with Crippen LogP contribution in [0.25, 0.3) is 0 Å². The number of rotatable bonds is 4. The molecule has 4 heteroatoms. The quantitative estimate of drug-likeness (QED) is 0.391. The number of carboxylic acid groups (broad SMARTS) is 1. The van der Waals surface area contributed by atoms with Crippen LogP contribution in [-0.4, -0.2) is 21.9 Å². The minimum Gasteiger partial charge on any atom is -0.511 e. The molecule has 0 amide bonds. The molecule has 1 fully saturated rings. The largest absolute Gasteiger partial charge is 0.511 e. The van der Waals surface area contributed by atoms with Crippen molar-refractivity contribution in [3.05, 3.63) is 11.3 Å². The molecule has 3 N–H and O–H groups in total. The van der Waals surface area contributed by atoms with E-state index in [0.717, 1.165) is 32.1 Å². The number of carboxylic acids is 1. The molecule has 0 radical (unpaired) electrons. The van der Waals surface area contributed by atoms with E-state index in [9.17, 15) is 9.90 Å². The lowest BCUT2D eigenvalue weighted by Gasteiger charge is -2.23. The first-order valence-corrected chi connectivity index (χ1v) is 5.82. The number of aliphatic carboxylic acids is 1. The first kappa shape index (κ1) is 12.7. The lowest BCUT2D eigenvalue weighted by Crippen LogP contribution is -2.24. The number of hydrogen-bond acceptors (Lipinski definition) is 3. The highest BCUT2D eigenvalue weighted by atomic mass is 16.4. The van der Waals surface area contributed by atoms with Crippen LogP contribution in [0.2, 0.25) is 0 Å². The molecule has 0 bridgehead atoms. The zero-order valence-electron chi connectivity index (χ0n) is 9.62. The summed E-state index contributed by atoms with van der Waals surface area (Å²) in [4.78, 5) is 11.0. The Hall–Kier alpha value is -1.32. The van der Waals surface area contributed by atoms with Crippen molar-refractivity contribution in [2.45, 2.75) is 45.4 Å². The van der Waals surface area contributed by atoms with Gasteiger partial charge >= 0.3 is 5.97 Å². The van der Waals surface area contributed by atoms with E-state index < -0.39 is 5.97 Å². The van der Waals surface area contributed by atoms with Crippen LogP contribution in [0.3, 0.4) is 0 Å². The van der Waals surface area contributed by atoms with Crippen LogP contribution < -0.4 is 0 Å². The molecule has 0 saturated heterocycles. The number of aliphatic hydroxyl groups is 1. The van der Waals surface area contributed by atoms with Gasteiger partial charge in [0.25, 0.3) is 0 Å². The molecule has 0 aromatic rings. The maximum Gasteiger partial charge on any atom is 0.340 e. The fraction of sp³-hybridized carbons (Fsp3) is 0.667. The van der Waals surface area contributed by atoms with Gasteiger partial charge in [0.2, 0.25) is 0 Å². The van der Waals surface area contributed by atoms with Gasteiger partial charge in [-0.3, -0.25) is 0 Å². The molecular weight excluding hydrogens is 206 g/mol. The van der Waals surface area contributed by atoms with Crippen molar-refractivity contribution in [3.63, 3.8) is 0 Å². The minimum atomic E-state index is -1.19. The zero-order valence-corrected chi connectivity index (χ0v) is 9.62. The normalized spacial score (nSPS) is 19.1. The van der Waals surface area contributed by atoms with E-state index in [1.807, 2.05) is 0 Å². The predicted octanol–water partition coefficient (Wildman–Crippen LogP) is 2.89. The summed E-state index contributed by atoms with van der Waals surface area (Å²) in [5.74, 6) is -1.36. The van der Waals surface area contributed by atoms with Gasteiger partial charge in [-0.2, -0.15) is 0 Å². The van der Waals surface area contributed by atoms with Gasteiger partial charge < -0.3 is 15.6 Å². The third-order valence-electron chi connectivity index (χ3n) is 3.12. The van der Waals surface area contributed by atoms with Gasteiger partial charge in [-0.1, -0.05) is 26.2 Å². The van der Waals surface area contributed by atoms with E-state index in [1.54, 1.807) is 6.92 Å². The van der Waals surface area contributed by atoms with Crippen LogP contribution >= 0.6 is 0 Å². The fourth-order valence-corrected chi connectivity index (χ4v) is 2.17. The van der Waals surface area contributed by atoms with Crippen molar-refractivity contribution in [2.24, 2.45) is 5.92 Å². The summed E-state index contributed by atoms with van der Waals surface area (Å²) in [7, 11) is 0. The number of hydrogen-bond donors (Lipinski definition) is 3. The first-order chi connectivity index (χ1) is 7.57. The standard InChI is InChI=1S/C12H19NO3/c1-2-9(14)10(12(15)16)11(13)8-6-4-3-5-7-8/h8,13-14H,2-7H2,1H3,(H,15,16). The highest BCUT2D eigenvalue weighted by Crippen LogP contribution is 2.27. The van der Waals surface area contributed by atoms with Crippen LogP contribution in [0, 0.1) is 11.3 Å². The zero-order chi connectivity index (χ0) is 12.1. The minimum absolute atomic E-state index is 0.00792. The first-order valence-electron chi connectivity index (χ1n) is 5.82. The Bertz CT molecular complexity index is 314. The predicted molar refractivity (Wildman–Crippen MR) is 61.9 cm³/mol. The monoisotopic (exact) mass is 225 g/mol. The van der Waals surface area contributed by atoms with Gasteiger partial charge in [-0.25, -0.2) is 4.79 Å². The van der Waals surface area contributed by atoms with E-state index >= 15 is 0 Å². The average Bonchev–Trinajstić information content (AvgIpc) is 2.29. The van der Waals surface area contributed by atoms with Crippen LogP contribution in [0.15, 0.2) is 11.3 Å². The van der Waals surface area contributed by atoms with E-state index in [1.165, 1.54) is 0 Å². The van der Waals surface area contributed by atoms with E-state index in [0.29, 0.717) is 0 Å². The molecule has 0 aromatic heterocycles. The highest BCUT2D eigenvalue weighted by molar-refractivity contribution is 6.19. The van der Waals surface area contributed by atoms with Crippen molar-refractivity contribution in [1.82, 2.24) is 0 Å². The number of aliphatic hydroxyl groups excluding tert-OH is 1. The average molecular weight is 225 g/mol. The molecule has 1 aliphatic carbocycles. The van der Waals surface area contributed by atoms with Crippen LogP contribution in [0.1, 0.15) is 45.4 Å². The number of carbonyl (C=O) groups is 1. The number of nitrogens with one attached hydrogen (secondary N) is 1. The van der Waals surface area contributed by atoms with E-state index in [4.69, 9.17) is 10.5 Å². The Balaban J connectivity index is 2.87. The summed E-state index contributed by atoms with van der Waals surface area (Å²) in [6, 6.07) is 0. The smallest absolute Gasteiger partial charge is 0.340 e. The van der Waals surface area contributed by atoms with Crippen LogP contribution in [0.5, 0.6) is 0 Å². The van der Waals surface area contributed by atoms with Gasteiger partial charge in [-0.15, -0.1) is 0 Å². The summed E-state index contributed by atoms with van der Waals surface area (Å²) >= 11 is 0. The molecule has 90 valence electrons. The third kappa shape index (κ3) is 2.84. The third-order valence-corrected chi connectivity index (χ3v) is 3.12. The molecule has 1 aliphatic rings. The molecule has 0 spiro atoms. The number of allylic oxidation sites excluding steroid dienone is 1. The second-order valence-corrected chi connectivity index (χ2v) is 4.23. The Kier molecular flexibility index (Phi) is 4.52. The van der Waals surface area contributed by atoms with Gasteiger partial charge in [0.05, 0.1) is 5.71 Å². The fourth-order valence-electron chi connectivity index (χ4n) is 2.17. The summed E-state index contributed by atoms with van der Waals surface area (Å²) in [6.07, 6.45) is 5.26. The molecule has 0 aliphatic heterocycles. The van der Waals surface area contributed by atoms with Crippen molar-refractivity contribution in [1.29, 1.82) is 5.41 Å². The van der Waals surface area contributed by atoms with Crippen molar-refractivity contribution >= 4 is 11.7 Å². The molecular formula is C12H19NO3. The molecule has 0 heterocycles. The summed E-state index contributed by atoms with van der Waals surface area (Å²) in [5.41, 5.74) is -0.0825. The maximum absolute atomic E-state index is 11.0. The second kappa shape index (κ2) is 5.68. The Morgan fingerprint density at radius 1 is 1.25 bits per heavy atom. The molecule has 1 saturated carbocycles. The molecule has 0 unspecified atom stereocenters. The molecule has 4 nitrogen and oxygen atoms in total. The lowest BCUT2D eigenvalue weighted by atomic mass is 9.82. The van der Waals surface area contributed by atoms with Gasteiger partial charge in [0.1, 0.15) is 11.3 Å². The molecule has 0 atom stereocenters. The molecule has 16 heavy (non-hydrogen) atoms. The van der Waals surface area contributed by atoms with E-state index in [2.05, 4.69) is 0 Å². The SMILES string of the molecule is CCC(O)=C(C(=N)C1CCCCC1)C(=O)O. The maximum atomic E-state index is 11.0. The summed E-state index contributed by atoms with van der Waals surface area (Å²) in [6.45, 7) is 1.69. The van der Waals surface area contributed by atoms with Crippen molar-refractivity contribution in [2.75, 3.05) is 0 Å². The highest BCUT2D eigenvalue weighted by Gasteiger charge is 2.26. The van der Waals surface area contributed by atoms with Crippen molar-refractivity contribution in [3.8, 4) is 0 Å². The summed E-state index contributed by atoms with van der Waals surface area (Å²) < 4.78 is 0. The van der Waals surface area contributed by atoms with E-state index in [-0.39, 0.29) is 29.4 Å². The topological polar surface area (TPSA) is 81.4 Å². The van der Waals surface area contributed by atoms with Crippen LogP contribution in [0.4, 0.5) is 0 Å². The Morgan fingerprint density at radius 3 is 2.25 bits per heavy atom.